The van der Waals surface area contributed by atoms with E-state index >= 15 is 0 Å². The van der Waals surface area contributed by atoms with Gasteiger partial charge >= 0.3 is 0 Å². The Kier molecular flexibility index (Phi) is 7.55. The number of thiophene rings is 2. The molecule has 1 N–H and O–H groups in total. The summed E-state index contributed by atoms with van der Waals surface area (Å²) < 4.78 is 7.96. The highest BCUT2D eigenvalue weighted by Crippen LogP contribution is 2.41. The predicted molar refractivity (Wildman–Crippen MR) is 182 cm³/mol. The van der Waals surface area contributed by atoms with E-state index in [0.29, 0.717) is 0 Å². The van der Waals surface area contributed by atoms with Crippen LogP contribution in [0.15, 0.2) is 97.1 Å². The van der Waals surface area contributed by atoms with Crippen molar-refractivity contribution >= 4 is 64.4 Å². The molecule has 7 aromatic rings. The number of nitrogens with one attached hydrogen (secondary N) is 1. The van der Waals surface area contributed by atoms with Gasteiger partial charge in [-0.3, -0.25) is 0 Å². The van der Waals surface area contributed by atoms with E-state index in [2.05, 4.69) is 97.3 Å². The van der Waals surface area contributed by atoms with Crippen molar-refractivity contribution in [3.05, 3.63) is 97.1 Å². The number of ether oxygens (including phenoxy) is 1. The molecule has 5 heteroatoms. The van der Waals surface area contributed by atoms with Gasteiger partial charge in [-0.15, -0.1) is 22.7 Å². The summed E-state index contributed by atoms with van der Waals surface area (Å²) in [7, 11) is 1.71. The van der Waals surface area contributed by atoms with Gasteiger partial charge in [-0.25, -0.2) is 0 Å². The van der Waals surface area contributed by atoms with Crippen LogP contribution in [0, 0.1) is 0 Å². The molecule has 0 aliphatic rings. The van der Waals surface area contributed by atoms with Gasteiger partial charge in [0.05, 0.1) is 7.11 Å². The molecule has 0 saturated carbocycles. The fourth-order valence-corrected chi connectivity index (χ4v) is 7.79. The average Bonchev–Trinajstić information content (AvgIpc) is 3.64. The Morgan fingerprint density at radius 3 is 1.64 bits per heavy atom. The molecular formula is C37H33NO2S2. The molecule has 0 atom stereocenters. The van der Waals surface area contributed by atoms with E-state index in [0.717, 1.165) is 24.5 Å². The first-order valence-electron chi connectivity index (χ1n) is 14.7. The van der Waals surface area contributed by atoms with Gasteiger partial charge in [0, 0.05) is 25.7 Å². The Morgan fingerprint density at radius 1 is 0.571 bits per heavy atom. The summed E-state index contributed by atoms with van der Waals surface area (Å²) in [5.41, 5.74) is 5.53. The maximum Gasteiger partial charge on any atom is 0.147 e. The van der Waals surface area contributed by atoms with Gasteiger partial charge < -0.3 is 9.57 Å². The first-order valence-corrected chi connectivity index (χ1v) is 16.3. The third-order valence-corrected chi connectivity index (χ3v) is 10.2. The highest BCUT2D eigenvalue weighted by molar-refractivity contribution is 7.22. The number of hydroxylamine groups is 1. The molecule has 0 amide bonds. The summed E-state index contributed by atoms with van der Waals surface area (Å²) in [5.74, 6) is 1.73. The van der Waals surface area contributed by atoms with Gasteiger partial charge in [0.15, 0.2) is 0 Å². The van der Waals surface area contributed by atoms with Gasteiger partial charge in [0.1, 0.15) is 11.5 Å². The van der Waals surface area contributed by atoms with Crippen molar-refractivity contribution in [1.82, 2.24) is 5.48 Å². The van der Waals surface area contributed by atoms with Crippen molar-refractivity contribution in [2.75, 3.05) is 13.7 Å². The number of rotatable bonds is 10. The lowest BCUT2D eigenvalue weighted by molar-refractivity contribution is 0.193. The first-order chi connectivity index (χ1) is 20.7. The third-order valence-electron chi connectivity index (χ3n) is 7.95. The number of hydrogen-bond donors (Lipinski definition) is 1. The number of hydrogen-bond acceptors (Lipinski definition) is 5. The SMILES string of the molecule is CCCCCCNOc1ccc(-c2cc3cc4ccc5cc6cc(-c7ccc(OC)cc7)sc6cc5c4cc3s2)cc1. The molecule has 0 fully saturated rings. The number of methoxy groups -OCH3 is 1. The molecule has 5 aromatic carbocycles. The normalized spacial score (nSPS) is 11.7. The average molecular weight is 588 g/mol. The van der Waals surface area contributed by atoms with Crippen molar-refractivity contribution in [3.8, 4) is 32.4 Å². The molecule has 0 aliphatic heterocycles. The summed E-state index contributed by atoms with van der Waals surface area (Å²) in [6.45, 7) is 3.11. The molecule has 0 unspecified atom stereocenters. The molecule has 2 aromatic heterocycles. The molecule has 0 bridgehead atoms. The van der Waals surface area contributed by atoms with E-state index in [1.807, 2.05) is 34.8 Å². The van der Waals surface area contributed by atoms with Gasteiger partial charge in [-0.05, 0) is 135 Å². The topological polar surface area (TPSA) is 30.5 Å². The molecule has 0 saturated heterocycles. The lowest BCUT2D eigenvalue weighted by atomic mass is 9.99. The van der Waals surface area contributed by atoms with Gasteiger partial charge in [0.25, 0.3) is 0 Å². The first kappa shape index (κ1) is 27.0. The van der Waals surface area contributed by atoms with Crippen LogP contribution in [0.5, 0.6) is 11.5 Å². The summed E-state index contributed by atoms with van der Waals surface area (Å²) in [6.07, 6.45) is 4.91. The number of benzene rings is 5. The van der Waals surface area contributed by atoms with E-state index < -0.39 is 0 Å². The second kappa shape index (κ2) is 11.8. The second-order valence-electron chi connectivity index (χ2n) is 10.8. The lowest BCUT2D eigenvalue weighted by Gasteiger charge is -2.07. The minimum absolute atomic E-state index is 0.850. The standard InChI is InChI=1S/C37H33NO2S2/c1-3-4-5-6-17-38-40-31-15-11-25(12-16-31)35-21-29-19-27-8-7-26-18-28-20-34(24-9-13-30(39-2)14-10-24)41-36(28)22-32(26)33(27)23-37(29)42-35/h7-16,18-23,38H,3-6,17H2,1-2H3. The van der Waals surface area contributed by atoms with E-state index in [1.165, 1.54) is 81.9 Å². The van der Waals surface area contributed by atoms with E-state index in [-0.39, 0.29) is 0 Å². The quantitative estimate of drug-likeness (QED) is 0.0981. The number of fused-ring (bicyclic) bond motifs is 5. The minimum Gasteiger partial charge on any atom is -0.497 e. The molecule has 2 heterocycles. The molecule has 210 valence electrons. The minimum atomic E-state index is 0.850. The summed E-state index contributed by atoms with van der Waals surface area (Å²) in [4.78, 5) is 8.29. The molecule has 0 spiro atoms. The molecule has 3 nitrogen and oxygen atoms in total. The highest BCUT2D eigenvalue weighted by Gasteiger charge is 2.11. The largest absolute Gasteiger partial charge is 0.497 e. The molecule has 0 radical (unpaired) electrons. The fourth-order valence-electron chi connectivity index (χ4n) is 5.62. The zero-order valence-electron chi connectivity index (χ0n) is 23.9. The zero-order valence-corrected chi connectivity index (χ0v) is 25.5. The van der Waals surface area contributed by atoms with Crippen molar-refractivity contribution in [2.45, 2.75) is 32.6 Å². The Labute approximate surface area is 254 Å². The van der Waals surface area contributed by atoms with Crippen molar-refractivity contribution < 1.29 is 9.57 Å². The smallest absolute Gasteiger partial charge is 0.147 e. The van der Waals surface area contributed by atoms with Crippen LogP contribution in [0.1, 0.15) is 32.6 Å². The molecular weight excluding hydrogens is 555 g/mol. The third kappa shape index (κ3) is 5.36. The second-order valence-corrected chi connectivity index (χ2v) is 13.0. The molecule has 42 heavy (non-hydrogen) atoms. The Balaban J connectivity index is 1.17. The summed E-state index contributed by atoms with van der Waals surface area (Å²) in [5, 5.41) is 7.75. The van der Waals surface area contributed by atoms with Crippen LogP contribution in [-0.4, -0.2) is 13.7 Å². The van der Waals surface area contributed by atoms with Crippen LogP contribution >= 0.6 is 22.7 Å². The lowest BCUT2D eigenvalue weighted by Crippen LogP contribution is -2.19. The Hall–Kier alpha value is -3.90. The summed E-state index contributed by atoms with van der Waals surface area (Å²) in [6, 6.07) is 35.3. The predicted octanol–water partition coefficient (Wildman–Crippen LogP) is 11.2. The highest BCUT2D eigenvalue weighted by atomic mass is 32.1. The van der Waals surface area contributed by atoms with Crippen LogP contribution in [0.4, 0.5) is 0 Å². The van der Waals surface area contributed by atoms with Crippen LogP contribution in [-0.2, 0) is 0 Å². The van der Waals surface area contributed by atoms with Crippen LogP contribution in [0.25, 0.3) is 62.6 Å². The Morgan fingerprint density at radius 2 is 1.12 bits per heavy atom. The van der Waals surface area contributed by atoms with Gasteiger partial charge in [0.2, 0.25) is 0 Å². The molecule has 7 rings (SSSR count). The van der Waals surface area contributed by atoms with Gasteiger partial charge in [-0.2, -0.15) is 5.48 Å². The van der Waals surface area contributed by atoms with E-state index in [1.54, 1.807) is 7.11 Å². The van der Waals surface area contributed by atoms with Crippen molar-refractivity contribution in [1.29, 1.82) is 0 Å². The van der Waals surface area contributed by atoms with Crippen LogP contribution in [0.2, 0.25) is 0 Å². The van der Waals surface area contributed by atoms with Crippen LogP contribution in [0.3, 0.4) is 0 Å². The van der Waals surface area contributed by atoms with Crippen molar-refractivity contribution in [2.24, 2.45) is 0 Å². The van der Waals surface area contributed by atoms with Crippen LogP contribution < -0.4 is 15.1 Å². The van der Waals surface area contributed by atoms with E-state index in [9.17, 15) is 0 Å². The molecule has 0 aliphatic carbocycles. The fraction of sp³-hybridized carbons (Fsp3) is 0.189. The maximum absolute atomic E-state index is 5.74. The maximum atomic E-state index is 5.74. The van der Waals surface area contributed by atoms with E-state index in [4.69, 9.17) is 9.57 Å². The number of unbranched alkanes of at least 4 members (excludes halogenated alkanes) is 3. The monoisotopic (exact) mass is 587 g/mol. The van der Waals surface area contributed by atoms with Crippen molar-refractivity contribution in [3.63, 3.8) is 0 Å². The summed E-state index contributed by atoms with van der Waals surface area (Å²) >= 11 is 3.70. The zero-order chi connectivity index (χ0) is 28.5. The Bertz CT molecular complexity index is 2000. The van der Waals surface area contributed by atoms with Gasteiger partial charge in [-0.1, -0.05) is 38.3 Å².